The number of hydrogen-bond acceptors (Lipinski definition) is 5. The van der Waals surface area contributed by atoms with E-state index in [0.29, 0.717) is 18.8 Å². The van der Waals surface area contributed by atoms with Crippen LogP contribution in [0.25, 0.3) is 0 Å². The first-order chi connectivity index (χ1) is 14.7. The minimum Gasteiger partial charge on any atom is -0.453 e. The fourth-order valence-corrected chi connectivity index (χ4v) is 2.85. The molecule has 0 radical (unpaired) electrons. The predicted molar refractivity (Wildman–Crippen MR) is 114 cm³/mol. The number of carbonyl (C=O) groups excluding carboxylic acids is 1. The van der Waals surface area contributed by atoms with Gasteiger partial charge in [0.1, 0.15) is 6.10 Å². The highest BCUT2D eigenvalue weighted by Crippen LogP contribution is 2.11. The summed E-state index contributed by atoms with van der Waals surface area (Å²) in [6, 6.07) is 28.1. The molecule has 0 bridgehead atoms. The molecule has 0 aliphatic carbocycles. The average Bonchev–Trinajstić information content (AvgIpc) is 2.80. The smallest absolute Gasteiger partial charge is 0.338 e. The van der Waals surface area contributed by atoms with Crippen LogP contribution in [0.2, 0.25) is 0 Å². The topological polar surface area (TPSA) is 65.0 Å². The van der Waals surface area contributed by atoms with Gasteiger partial charge in [-0.1, -0.05) is 78.9 Å². The lowest BCUT2D eigenvalue weighted by molar-refractivity contribution is -0.0854. The molecule has 0 saturated carbocycles. The molecule has 3 aromatic carbocycles. The fraction of sp³-hybridized carbons (Fsp3) is 0.240. The molecule has 0 aromatic heterocycles. The molecule has 0 aliphatic heterocycles. The molecule has 5 heteroatoms. The van der Waals surface area contributed by atoms with Gasteiger partial charge in [0, 0.05) is 0 Å². The van der Waals surface area contributed by atoms with Gasteiger partial charge in [0.05, 0.1) is 32.0 Å². The lowest BCUT2D eigenvalue weighted by Crippen LogP contribution is -2.38. The molecule has 3 aromatic rings. The lowest BCUT2D eigenvalue weighted by Gasteiger charge is -2.23. The van der Waals surface area contributed by atoms with Gasteiger partial charge in [-0.2, -0.15) is 0 Å². The first kappa shape index (κ1) is 21.7. The van der Waals surface area contributed by atoms with E-state index in [0.717, 1.165) is 11.1 Å². The highest BCUT2D eigenvalue weighted by Gasteiger charge is 2.25. The van der Waals surface area contributed by atoms with Crippen molar-refractivity contribution in [2.24, 2.45) is 0 Å². The molecule has 0 fully saturated rings. The maximum absolute atomic E-state index is 12.5. The SMILES string of the molecule is O=C(OC(COCc1ccccc1)C(O)COCc1ccccc1)c1ccccc1. The van der Waals surface area contributed by atoms with Crippen LogP contribution in [0.4, 0.5) is 0 Å². The molecule has 156 valence electrons. The minimum atomic E-state index is -1.02. The number of ether oxygens (including phenoxy) is 3. The van der Waals surface area contributed by atoms with E-state index in [1.165, 1.54) is 0 Å². The zero-order valence-electron chi connectivity index (χ0n) is 16.7. The van der Waals surface area contributed by atoms with Crippen LogP contribution < -0.4 is 0 Å². The summed E-state index contributed by atoms with van der Waals surface area (Å²) in [6.45, 7) is 0.805. The van der Waals surface area contributed by atoms with Gasteiger partial charge in [-0.05, 0) is 23.3 Å². The van der Waals surface area contributed by atoms with Crippen molar-refractivity contribution < 1.29 is 24.1 Å². The molecule has 0 saturated heterocycles. The maximum atomic E-state index is 12.5. The number of hydrogen-bond donors (Lipinski definition) is 1. The van der Waals surface area contributed by atoms with Crippen molar-refractivity contribution >= 4 is 5.97 Å². The fourth-order valence-electron chi connectivity index (χ4n) is 2.85. The minimum absolute atomic E-state index is 0.0241. The number of esters is 1. The Morgan fingerprint density at radius 1 is 0.700 bits per heavy atom. The van der Waals surface area contributed by atoms with Crippen molar-refractivity contribution in [3.8, 4) is 0 Å². The van der Waals surface area contributed by atoms with E-state index < -0.39 is 18.2 Å². The second kappa shape index (κ2) is 11.9. The molecular weight excluding hydrogens is 380 g/mol. The molecule has 1 N–H and O–H groups in total. The molecule has 0 amide bonds. The highest BCUT2D eigenvalue weighted by atomic mass is 16.6. The third kappa shape index (κ3) is 7.12. The van der Waals surface area contributed by atoms with Gasteiger partial charge in [0.2, 0.25) is 0 Å². The average molecular weight is 406 g/mol. The van der Waals surface area contributed by atoms with Crippen LogP contribution in [0.15, 0.2) is 91.0 Å². The van der Waals surface area contributed by atoms with Crippen LogP contribution in [0.1, 0.15) is 21.5 Å². The molecular formula is C25H26O5. The molecule has 0 heterocycles. The van der Waals surface area contributed by atoms with Crippen LogP contribution in [0.5, 0.6) is 0 Å². The van der Waals surface area contributed by atoms with E-state index in [-0.39, 0.29) is 13.2 Å². The number of carbonyl (C=O) groups is 1. The van der Waals surface area contributed by atoms with Crippen LogP contribution in [0, 0.1) is 0 Å². The van der Waals surface area contributed by atoms with E-state index in [2.05, 4.69) is 0 Å². The third-order valence-corrected chi connectivity index (χ3v) is 4.49. The maximum Gasteiger partial charge on any atom is 0.338 e. The number of rotatable bonds is 11. The normalized spacial score (nSPS) is 12.8. The highest BCUT2D eigenvalue weighted by molar-refractivity contribution is 5.89. The number of aliphatic hydroxyl groups excluding tert-OH is 1. The Morgan fingerprint density at radius 2 is 1.17 bits per heavy atom. The molecule has 30 heavy (non-hydrogen) atoms. The van der Waals surface area contributed by atoms with Crippen molar-refractivity contribution in [1.82, 2.24) is 0 Å². The van der Waals surface area contributed by atoms with Gasteiger partial charge in [0.15, 0.2) is 6.10 Å². The largest absolute Gasteiger partial charge is 0.453 e. The van der Waals surface area contributed by atoms with Gasteiger partial charge in [-0.25, -0.2) is 4.79 Å². The summed E-state index contributed by atoms with van der Waals surface area (Å²) >= 11 is 0. The quantitative estimate of drug-likeness (QED) is 0.488. The Morgan fingerprint density at radius 3 is 1.70 bits per heavy atom. The second-order valence-corrected chi connectivity index (χ2v) is 6.88. The van der Waals surface area contributed by atoms with Gasteiger partial charge in [0.25, 0.3) is 0 Å². The van der Waals surface area contributed by atoms with Crippen molar-refractivity contribution in [2.45, 2.75) is 25.4 Å². The summed E-state index contributed by atoms with van der Waals surface area (Å²) in [5.74, 6) is -0.508. The van der Waals surface area contributed by atoms with E-state index in [9.17, 15) is 9.90 Å². The van der Waals surface area contributed by atoms with Crippen LogP contribution in [-0.4, -0.2) is 36.5 Å². The number of benzene rings is 3. The van der Waals surface area contributed by atoms with Crippen LogP contribution in [-0.2, 0) is 27.4 Å². The van der Waals surface area contributed by atoms with E-state index in [1.54, 1.807) is 24.3 Å². The van der Waals surface area contributed by atoms with Gasteiger partial charge >= 0.3 is 5.97 Å². The second-order valence-electron chi connectivity index (χ2n) is 6.88. The molecule has 0 aliphatic rings. The third-order valence-electron chi connectivity index (χ3n) is 4.49. The van der Waals surface area contributed by atoms with E-state index >= 15 is 0 Å². The van der Waals surface area contributed by atoms with Crippen LogP contribution >= 0.6 is 0 Å². The van der Waals surface area contributed by atoms with Gasteiger partial charge < -0.3 is 19.3 Å². The van der Waals surface area contributed by atoms with E-state index in [1.807, 2.05) is 66.7 Å². The molecule has 2 unspecified atom stereocenters. The van der Waals surface area contributed by atoms with Crippen LogP contribution in [0.3, 0.4) is 0 Å². The lowest BCUT2D eigenvalue weighted by atomic mass is 10.2. The summed E-state index contributed by atoms with van der Waals surface area (Å²) in [5.41, 5.74) is 2.42. The Hall–Kier alpha value is -2.99. The first-order valence-electron chi connectivity index (χ1n) is 9.90. The standard InChI is InChI=1S/C25H26O5/c26-23(18-28-16-20-10-4-1-5-11-20)24(19-29-17-21-12-6-2-7-13-21)30-25(27)22-14-8-3-9-15-22/h1-15,23-24,26H,16-19H2. The molecule has 2 atom stereocenters. The van der Waals surface area contributed by atoms with Gasteiger partial charge in [-0.15, -0.1) is 0 Å². The Labute approximate surface area is 176 Å². The predicted octanol–water partition coefficient (Wildman–Crippen LogP) is 4.01. The molecule has 0 spiro atoms. The summed E-state index contributed by atoms with van der Waals surface area (Å²) in [6.07, 6.45) is -1.87. The summed E-state index contributed by atoms with van der Waals surface area (Å²) in [4.78, 5) is 12.5. The monoisotopic (exact) mass is 406 g/mol. The first-order valence-corrected chi connectivity index (χ1v) is 9.90. The summed E-state index contributed by atoms with van der Waals surface area (Å²) in [5, 5.41) is 10.6. The zero-order valence-corrected chi connectivity index (χ0v) is 16.7. The number of aliphatic hydroxyl groups is 1. The van der Waals surface area contributed by atoms with Crippen molar-refractivity contribution in [2.75, 3.05) is 13.2 Å². The zero-order chi connectivity index (χ0) is 21.0. The van der Waals surface area contributed by atoms with Crippen molar-refractivity contribution in [3.63, 3.8) is 0 Å². The van der Waals surface area contributed by atoms with E-state index in [4.69, 9.17) is 14.2 Å². The summed E-state index contributed by atoms with van der Waals surface area (Å²) in [7, 11) is 0. The van der Waals surface area contributed by atoms with Crippen molar-refractivity contribution in [3.05, 3.63) is 108 Å². The van der Waals surface area contributed by atoms with Gasteiger partial charge in [-0.3, -0.25) is 0 Å². The molecule has 5 nitrogen and oxygen atoms in total. The molecule has 3 rings (SSSR count). The summed E-state index contributed by atoms with van der Waals surface area (Å²) < 4.78 is 16.9. The Balaban J connectivity index is 1.56. The Bertz CT molecular complexity index is 868. The van der Waals surface area contributed by atoms with Crippen molar-refractivity contribution in [1.29, 1.82) is 0 Å². The Kier molecular flexibility index (Phi) is 8.60.